The van der Waals surface area contributed by atoms with Gasteiger partial charge in [-0.05, 0) is 76.7 Å². The summed E-state index contributed by atoms with van der Waals surface area (Å²) in [7, 11) is 0. The Kier molecular flexibility index (Phi) is 7.24. The fourth-order valence-corrected chi connectivity index (χ4v) is 4.90. The van der Waals surface area contributed by atoms with Crippen molar-refractivity contribution in [2.45, 2.75) is 44.7 Å². The maximum absolute atomic E-state index is 11.7. The van der Waals surface area contributed by atoms with Crippen LogP contribution in [0.2, 0.25) is 0 Å². The van der Waals surface area contributed by atoms with E-state index in [9.17, 15) is 20.1 Å². The third-order valence-corrected chi connectivity index (χ3v) is 6.85. The van der Waals surface area contributed by atoms with Gasteiger partial charge < -0.3 is 24.8 Å². The number of aromatic carboxylic acids is 1. The summed E-state index contributed by atoms with van der Waals surface area (Å²) in [6, 6.07) is 24.5. The molecule has 6 heteroatoms. The molecule has 4 aromatic rings. The zero-order valence-corrected chi connectivity index (χ0v) is 20.6. The first-order chi connectivity index (χ1) is 17.9. The molecule has 6 nitrogen and oxygen atoms in total. The molecule has 0 radical (unpaired) electrons. The largest absolute Gasteiger partial charge is 0.489 e. The summed E-state index contributed by atoms with van der Waals surface area (Å²) in [6.45, 7) is 2.53. The Labute approximate surface area is 215 Å². The Bertz CT molecular complexity index is 1430. The van der Waals surface area contributed by atoms with E-state index in [1.54, 1.807) is 19.1 Å². The maximum Gasteiger partial charge on any atom is 0.335 e. The van der Waals surface area contributed by atoms with Crippen LogP contribution >= 0.6 is 0 Å². The van der Waals surface area contributed by atoms with Crippen molar-refractivity contribution in [3.8, 4) is 16.9 Å². The highest BCUT2D eigenvalue weighted by Crippen LogP contribution is 2.36. The van der Waals surface area contributed by atoms with Gasteiger partial charge in [-0.1, -0.05) is 48.5 Å². The molecule has 5 rings (SSSR count). The van der Waals surface area contributed by atoms with E-state index in [1.807, 2.05) is 66.7 Å². The van der Waals surface area contributed by atoms with Gasteiger partial charge in [-0.25, -0.2) is 4.79 Å². The molecule has 0 aromatic heterocycles. The summed E-state index contributed by atoms with van der Waals surface area (Å²) in [5.74, 6) is -0.426. The molecule has 0 saturated carbocycles. The first kappa shape index (κ1) is 25.0. The number of carboxylic acids is 1. The van der Waals surface area contributed by atoms with Crippen LogP contribution < -0.4 is 4.74 Å². The van der Waals surface area contributed by atoms with Crippen molar-refractivity contribution in [3.63, 3.8) is 0 Å². The number of hydrogen-bond donors (Lipinski definition) is 3. The predicted octanol–water partition coefficient (Wildman–Crippen LogP) is 6.05. The highest BCUT2D eigenvalue weighted by Gasteiger charge is 2.22. The molecule has 1 heterocycles. The number of benzene rings is 4. The third-order valence-electron chi connectivity index (χ3n) is 6.85. The summed E-state index contributed by atoms with van der Waals surface area (Å²) >= 11 is 0. The molecule has 0 spiro atoms. The second kappa shape index (κ2) is 10.7. The minimum atomic E-state index is -0.988. The van der Waals surface area contributed by atoms with E-state index in [1.165, 1.54) is 0 Å². The Morgan fingerprint density at radius 1 is 1.05 bits per heavy atom. The van der Waals surface area contributed by atoms with E-state index in [0.29, 0.717) is 37.4 Å². The molecule has 4 aromatic carbocycles. The molecule has 1 saturated heterocycles. The van der Waals surface area contributed by atoms with Crippen molar-refractivity contribution in [2.24, 2.45) is 0 Å². The van der Waals surface area contributed by atoms with Crippen LogP contribution in [0.5, 0.6) is 5.75 Å². The molecule has 0 bridgehead atoms. The molecule has 37 heavy (non-hydrogen) atoms. The molecule has 0 aliphatic carbocycles. The lowest BCUT2D eigenvalue weighted by Crippen LogP contribution is -2.23. The number of carbonyl (C=O) groups is 1. The van der Waals surface area contributed by atoms with Crippen LogP contribution in [0.3, 0.4) is 0 Å². The second-order valence-corrected chi connectivity index (χ2v) is 9.55. The van der Waals surface area contributed by atoms with E-state index >= 15 is 0 Å². The highest BCUT2D eigenvalue weighted by molar-refractivity contribution is 6.02. The molecule has 1 fully saturated rings. The lowest BCUT2D eigenvalue weighted by Gasteiger charge is -2.27. The van der Waals surface area contributed by atoms with Crippen molar-refractivity contribution in [2.75, 3.05) is 6.61 Å². The first-order valence-electron chi connectivity index (χ1n) is 12.5. The van der Waals surface area contributed by atoms with Gasteiger partial charge in [-0.3, -0.25) is 0 Å². The Balaban J connectivity index is 1.43. The van der Waals surface area contributed by atoms with Gasteiger partial charge in [-0.2, -0.15) is 0 Å². The third kappa shape index (κ3) is 5.52. The first-order valence-corrected chi connectivity index (χ1v) is 12.5. The van der Waals surface area contributed by atoms with E-state index in [2.05, 4.69) is 0 Å². The minimum Gasteiger partial charge on any atom is -0.489 e. The summed E-state index contributed by atoms with van der Waals surface area (Å²) in [4.78, 5) is 11.7. The molecule has 1 aliphatic rings. The molecular weight excluding hydrogens is 468 g/mol. The number of ether oxygens (including phenoxy) is 2. The van der Waals surface area contributed by atoms with E-state index < -0.39 is 12.1 Å². The van der Waals surface area contributed by atoms with Crippen LogP contribution in [0, 0.1) is 0 Å². The molecule has 3 atom stereocenters. The number of hydrogen-bond acceptors (Lipinski definition) is 5. The van der Waals surface area contributed by atoms with Gasteiger partial charge in [0.15, 0.2) is 0 Å². The number of carboxylic acid groups (broad SMARTS) is 1. The smallest absolute Gasteiger partial charge is 0.335 e. The van der Waals surface area contributed by atoms with Gasteiger partial charge in [0, 0.05) is 18.6 Å². The lowest BCUT2D eigenvalue weighted by molar-refractivity contribution is -0.0448. The number of aliphatic hydroxyl groups is 2. The van der Waals surface area contributed by atoms with E-state index in [0.717, 1.165) is 33.0 Å². The lowest BCUT2D eigenvalue weighted by atomic mass is 9.93. The Hall–Kier alpha value is -3.71. The fourth-order valence-electron chi connectivity index (χ4n) is 4.90. The number of fused-ring (bicyclic) bond motifs is 1. The van der Waals surface area contributed by atoms with Crippen LogP contribution in [0.1, 0.15) is 59.0 Å². The quantitative estimate of drug-likeness (QED) is 0.287. The van der Waals surface area contributed by atoms with Crippen molar-refractivity contribution < 1.29 is 29.6 Å². The molecule has 3 unspecified atom stereocenters. The van der Waals surface area contributed by atoms with Gasteiger partial charge in [0.1, 0.15) is 12.4 Å². The van der Waals surface area contributed by atoms with Gasteiger partial charge in [-0.15, -0.1) is 0 Å². The van der Waals surface area contributed by atoms with E-state index in [-0.39, 0.29) is 17.8 Å². The maximum atomic E-state index is 11.7. The van der Waals surface area contributed by atoms with Gasteiger partial charge >= 0.3 is 5.97 Å². The summed E-state index contributed by atoms with van der Waals surface area (Å²) in [6.07, 6.45) is -0.0254. The number of rotatable bonds is 7. The highest BCUT2D eigenvalue weighted by atomic mass is 16.5. The summed E-state index contributed by atoms with van der Waals surface area (Å²) in [5, 5.41) is 31.9. The predicted molar refractivity (Wildman–Crippen MR) is 142 cm³/mol. The summed E-state index contributed by atoms with van der Waals surface area (Å²) < 4.78 is 12.0. The van der Waals surface area contributed by atoms with Gasteiger partial charge in [0.2, 0.25) is 0 Å². The van der Waals surface area contributed by atoms with Gasteiger partial charge in [0.25, 0.3) is 0 Å². The second-order valence-electron chi connectivity index (χ2n) is 9.55. The molecule has 0 amide bonds. The SMILES string of the molecule is CC(O)c1cc(-c2cc(C(=O)O)cc3ccccc23)ccc1OCc1cccc(C2CC(O)CCO2)c1. The molecule has 1 aliphatic heterocycles. The fraction of sp³-hybridized carbons (Fsp3) is 0.258. The average molecular weight is 499 g/mol. The topological polar surface area (TPSA) is 96.2 Å². The average Bonchev–Trinajstić information content (AvgIpc) is 2.91. The van der Waals surface area contributed by atoms with Crippen LogP contribution in [0.25, 0.3) is 21.9 Å². The van der Waals surface area contributed by atoms with Crippen LogP contribution in [0.4, 0.5) is 0 Å². The zero-order chi connectivity index (χ0) is 25.9. The van der Waals surface area contributed by atoms with E-state index in [4.69, 9.17) is 9.47 Å². The minimum absolute atomic E-state index is 0.132. The van der Waals surface area contributed by atoms with Crippen LogP contribution in [-0.2, 0) is 11.3 Å². The normalized spacial score (nSPS) is 18.5. The standard InChI is InChI=1S/C31H30O6/c1-19(32)27-15-22(28-16-24(31(34)35)14-21-6-2-3-8-26(21)28)9-10-29(27)37-18-20-5-4-7-23(13-20)30-17-25(33)11-12-36-30/h2-10,13-16,19,25,30,32-33H,11-12,17-18H2,1H3,(H,34,35). The van der Waals surface area contributed by atoms with Crippen molar-refractivity contribution in [3.05, 3.63) is 101 Å². The molecule has 190 valence electrons. The van der Waals surface area contributed by atoms with Crippen LogP contribution in [0.15, 0.2) is 78.9 Å². The van der Waals surface area contributed by atoms with Crippen molar-refractivity contribution >= 4 is 16.7 Å². The van der Waals surface area contributed by atoms with Gasteiger partial charge in [0.05, 0.1) is 23.9 Å². The number of aliphatic hydroxyl groups excluding tert-OH is 2. The Morgan fingerprint density at radius 3 is 2.68 bits per heavy atom. The van der Waals surface area contributed by atoms with Crippen molar-refractivity contribution in [1.29, 1.82) is 0 Å². The van der Waals surface area contributed by atoms with Crippen LogP contribution in [-0.4, -0.2) is 34.0 Å². The van der Waals surface area contributed by atoms with Crippen molar-refractivity contribution in [1.82, 2.24) is 0 Å². The Morgan fingerprint density at radius 2 is 1.89 bits per heavy atom. The molecule has 3 N–H and O–H groups in total. The zero-order valence-electron chi connectivity index (χ0n) is 20.6. The molecular formula is C31H30O6. The monoisotopic (exact) mass is 498 g/mol. The summed E-state index contributed by atoms with van der Waals surface area (Å²) in [5.41, 5.74) is 4.39.